The van der Waals surface area contributed by atoms with Crippen molar-refractivity contribution in [2.45, 2.75) is 62.1 Å². The second-order valence-electron chi connectivity index (χ2n) is 9.69. The van der Waals surface area contributed by atoms with Gasteiger partial charge in [0.05, 0.1) is 5.75 Å². The third kappa shape index (κ3) is 3.20. The molecular formula is C23H27N3O2S. The van der Waals surface area contributed by atoms with E-state index in [0.717, 1.165) is 36.6 Å². The summed E-state index contributed by atoms with van der Waals surface area (Å²) in [6.07, 6.45) is 8.81. The Bertz CT molecular complexity index is 904. The first-order chi connectivity index (χ1) is 14.2. The lowest BCUT2D eigenvalue weighted by Crippen LogP contribution is -2.48. The largest absolute Gasteiger partial charge is 0.415 e. The molecule has 2 heterocycles. The monoisotopic (exact) mass is 409 g/mol. The lowest BCUT2D eigenvalue weighted by molar-refractivity contribution is -0.129. The predicted octanol–water partition coefficient (Wildman–Crippen LogP) is 4.21. The minimum absolute atomic E-state index is 0.126. The van der Waals surface area contributed by atoms with Gasteiger partial charge < -0.3 is 9.32 Å². The molecule has 1 aliphatic heterocycles. The molecule has 1 aromatic carbocycles. The predicted molar refractivity (Wildman–Crippen MR) is 110 cm³/mol. The van der Waals surface area contributed by atoms with Gasteiger partial charge in [-0.15, -0.1) is 10.2 Å². The number of benzene rings is 1. The van der Waals surface area contributed by atoms with E-state index in [0.29, 0.717) is 17.5 Å². The van der Waals surface area contributed by atoms with Crippen LogP contribution >= 0.6 is 11.8 Å². The molecule has 4 fully saturated rings. The first kappa shape index (κ1) is 18.0. The molecule has 0 saturated heterocycles. The number of hydrogen-bond acceptors (Lipinski definition) is 5. The fraction of sp³-hybridized carbons (Fsp3) is 0.609. The lowest BCUT2D eigenvalue weighted by atomic mass is 9.49. The third-order valence-corrected chi connectivity index (χ3v) is 8.50. The van der Waals surface area contributed by atoms with E-state index >= 15 is 0 Å². The van der Waals surface area contributed by atoms with Gasteiger partial charge in [0.2, 0.25) is 11.8 Å². The number of carbonyl (C=O) groups is 1. The van der Waals surface area contributed by atoms with Crippen molar-refractivity contribution in [3.8, 4) is 0 Å². The summed E-state index contributed by atoms with van der Waals surface area (Å²) in [6.45, 7) is 1.50. The van der Waals surface area contributed by atoms with Crippen molar-refractivity contribution < 1.29 is 9.21 Å². The number of thioether (sulfide) groups is 1. The normalized spacial score (nSPS) is 32.4. The van der Waals surface area contributed by atoms with Gasteiger partial charge >= 0.3 is 0 Å². The number of nitrogens with zero attached hydrogens (tertiary/aromatic N) is 3. The molecule has 0 unspecified atom stereocenters. The summed E-state index contributed by atoms with van der Waals surface area (Å²) in [5.41, 5.74) is 2.75. The standard InChI is InChI=1S/C23H27N3O2S/c27-20(26-6-5-18-3-1-2-4-19(18)13-26)14-29-22-25-24-21(28-22)23-10-15-7-16(11-23)9-17(8-15)12-23/h1-4,15-17H,5-14H2. The number of rotatable bonds is 4. The van der Waals surface area contributed by atoms with Crippen LogP contribution in [-0.2, 0) is 23.2 Å². The maximum Gasteiger partial charge on any atom is 0.277 e. The highest BCUT2D eigenvalue weighted by Gasteiger charge is 2.54. The molecule has 0 radical (unpaired) electrons. The highest BCUT2D eigenvalue weighted by atomic mass is 32.2. The Labute approximate surface area is 175 Å². The molecule has 4 saturated carbocycles. The Morgan fingerprint density at radius 2 is 1.76 bits per heavy atom. The van der Waals surface area contributed by atoms with Gasteiger partial charge in [-0.2, -0.15) is 0 Å². The van der Waals surface area contributed by atoms with Crippen molar-refractivity contribution >= 4 is 17.7 Å². The topological polar surface area (TPSA) is 59.2 Å². The fourth-order valence-electron chi connectivity index (χ4n) is 6.78. The van der Waals surface area contributed by atoms with Gasteiger partial charge in [-0.1, -0.05) is 36.0 Å². The van der Waals surface area contributed by atoms with Gasteiger partial charge in [0.15, 0.2) is 0 Å². The van der Waals surface area contributed by atoms with Crippen molar-refractivity contribution in [2.24, 2.45) is 17.8 Å². The molecular weight excluding hydrogens is 382 g/mol. The molecule has 2 aromatic rings. The molecule has 4 bridgehead atoms. The van der Waals surface area contributed by atoms with Crippen LogP contribution in [0, 0.1) is 17.8 Å². The molecule has 5 aliphatic rings. The second kappa shape index (κ2) is 6.86. The molecule has 4 aliphatic carbocycles. The SMILES string of the molecule is O=C(CSc1nnc(C23CC4CC(CC(C4)C2)C3)o1)N1CCc2ccccc2C1. The van der Waals surface area contributed by atoms with Crippen LogP contribution < -0.4 is 0 Å². The molecule has 5 nitrogen and oxygen atoms in total. The third-order valence-electron chi connectivity index (χ3n) is 7.70. The van der Waals surface area contributed by atoms with Crippen molar-refractivity contribution in [1.82, 2.24) is 15.1 Å². The summed E-state index contributed by atoms with van der Waals surface area (Å²) in [5, 5.41) is 9.32. The van der Waals surface area contributed by atoms with Crippen LogP contribution in [0.25, 0.3) is 0 Å². The van der Waals surface area contributed by atoms with Gasteiger partial charge in [0.25, 0.3) is 5.22 Å². The number of aromatic nitrogens is 2. The highest BCUT2D eigenvalue weighted by molar-refractivity contribution is 7.99. The Morgan fingerprint density at radius 1 is 1.07 bits per heavy atom. The summed E-state index contributed by atoms with van der Waals surface area (Å²) in [7, 11) is 0. The summed E-state index contributed by atoms with van der Waals surface area (Å²) in [5.74, 6) is 3.93. The van der Waals surface area contributed by atoms with E-state index in [-0.39, 0.29) is 11.3 Å². The zero-order valence-corrected chi connectivity index (χ0v) is 17.5. The van der Waals surface area contributed by atoms with Crippen LogP contribution in [0.3, 0.4) is 0 Å². The Morgan fingerprint density at radius 3 is 2.48 bits per heavy atom. The smallest absolute Gasteiger partial charge is 0.277 e. The average molecular weight is 410 g/mol. The van der Waals surface area contributed by atoms with E-state index in [1.54, 1.807) is 0 Å². The molecule has 6 heteroatoms. The van der Waals surface area contributed by atoms with Gasteiger partial charge in [-0.3, -0.25) is 4.79 Å². The van der Waals surface area contributed by atoms with Crippen LogP contribution in [0.1, 0.15) is 55.5 Å². The molecule has 29 heavy (non-hydrogen) atoms. The number of fused-ring (bicyclic) bond motifs is 1. The maximum atomic E-state index is 12.7. The number of amides is 1. The maximum absolute atomic E-state index is 12.7. The zero-order valence-electron chi connectivity index (χ0n) is 16.7. The van der Waals surface area contributed by atoms with E-state index in [4.69, 9.17) is 4.42 Å². The van der Waals surface area contributed by atoms with Crippen LogP contribution in [0.2, 0.25) is 0 Å². The van der Waals surface area contributed by atoms with Crippen molar-refractivity contribution in [2.75, 3.05) is 12.3 Å². The van der Waals surface area contributed by atoms with Gasteiger partial charge in [0.1, 0.15) is 0 Å². The molecule has 152 valence electrons. The molecule has 7 rings (SSSR count). The Kier molecular flexibility index (Phi) is 4.26. The Hall–Kier alpha value is -1.82. The first-order valence-electron chi connectivity index (χ1n) is 11.0. The second-order valence-corrected chi connectivity index (χ2v) is 10.6. The lowest BCUT2D eigenvalue weighted by Gasteiger charge is -2.55. The van der Waals surface area contributed by atoms with Crippen LogP contribution in [0.5, 0.6) is 0 Å². The van der Waals surface area contributed by atoms with Gasteiger partial charge in [0, 0.05) is 18.5 Å². The van der Waals surface area contributed by atoms with Crippen LogP contribution in [-0.4, -0.2) is 33.3 Å². The summed E-state index contributed by atoms with van der Waals surface area (Å²) in [4.78, 5) is 14.7. The van der Waals surface area contributed by atoms with E-state index in [1.165, 1.54) is 61.4 Å². The molecule has 0 atom stereocenters. The van der Waals surface area contributed by atoms with Crippen molar-refractivity contribution in [3.63, 3.8) is 0 Å². The summed E-state index contributed by atoms with van der Waals surface area (Å²) >= 11 is 1.40. The highest BCUT2D eigenvalue weighted by Crippen LogP contribution is 2.60. The van der Waals surface area contributed by atoms with E-state index in [1.807, 2.05) is 11.0 Å². The van der Waals surface area contributed by atoms with Crippen LogP contribution in [0.4, 0.5) is 0 Å². The minimum Gasteiger partial charge on any atom is -0.415 e. The number of carbonyl (C=O) groups excluding carboxylic acids is 1. The fourth-order valence-corrected chi connectivity index (χ4v) is 7.44. The molecule has 0 N–H and O–H groups in total. The quantitative estimate of drug-likeness (QED) is 0.708. The number of hydrogen-bond donors (Lipinski definition) is 0. The zero-order chi connectivity index (χ0) is 19.4. The van der Waals surface area contributed by atoms with E-state index in [9.17, 15) is 4.79 Å². The average Bonchev–Trinajstić information content (AvgIpc) is 3.21. The van der Waals surface area contributed by atoms with Crippen LogP contribution in [0.15, 0.2) is 33.9 Å². The van der Waals surface area contributed by atoms with Crippen molar-refractivity contribution in [1.29, 1.82) is 0 Å². The minimum atomic E-state index is 0.126. The molecule has 1 amide bonds. The van der Waals surface area contributed by atoms with E-state index in [2.05, 4.69) is 28.4 Å². The van der Waals surface area contributed by atoms with Crippen molar-refractivity contribution in [3.05, 3.63) is 41.3 Å². The van der Waals surface area contributed by atoms with Gasteiger partial charge in [-0.25, -0.2) is 0 Å². The molecule has 1 aromatic heterocycles. The Balaban J connectivity index is 1.10. The molecule has 0 spiro atoms. The van der Waals surface area contributed by atoms with E-state index < -0.39 is 0 Å². The van der Waals surface area contributed by atoms with Gasteiger partial charge in [-0.05, 0) is 73.8 Å². The summed E-state index contributed by atoms with van der Waals surface area (Å²) < 4.78 is 6.13. The summed E-state index contributed by atoms with van der Waals surface area (Å²) in [6, 6.07) is 8.41. The first-order valence-corrected chi connectivity index (χ1v) is 12.0.